The molecule has 0 spiro atoms. The summed E-state index contributed by atoms with van der Waals surface area (Å²) in [6, 6.07) is 0.513. The minimum Gasteiger partial charge on any atom is -0.348 e. The highest BCUT2D eigenvalue weighted by molar-refractivity contribution is 7.13. The molecule has 0 bridgehead atoms. The lowest BCUT2D eigenvalue weighted by molar-refractivity contribution is 0.421. The minimum atomic E-state index is 0.140. The number of thiazole rings is 1. The molecule has 3 nitrogen and oxygen atoms in total. The Hall–Kier alpha value is -0.610. The second-order valence-electron chi connectivity index (χ2n) is 6.32. The molecule has 0 radical (unpaired) electrons. The number of hydrogen-bond acceptors (Lipinski definition) is 4. The third kappa shape index (κ3) is 4.58. The van der Waals surface area contributed by atoms with Crippen molar-refractivity contribution in [1.82, 2.24) is 10.3 Å². The van der Waals surface area contributed by atoms with Crippen molar-refractivity contribution < 1.29 is 0 Å². The number of nitrogens with zero attached hydrogens (tertiary/aromatic N) is 2. The summed E-state index contributed by atoms with van der Waals surface area (Å²) >= 11 is 1.73. The van der Waals surface area contributed by atoms with Gasteiger partial charge in [-0.3, -0.25) is 0 Å². The van der Waals surface area contributed by atoms with Crippen molar-refractivity contribution in [3.63, 3.8) is 0 Å². The van der Waals surface area contributed by atoms with Crippen molar-refractivity contribution in [3.05, 3.63) is 11.1 Å². The molecule has 0 aliphatic rings. The molecule has 0 aliphatic heterocycles. The van der Waals surface area contributed by atoms with Crippen molar-refractivity contribution >= 4 is 16.5 Å². The molecule has 1 unspecified atom stereocenters. The molecule has 1 atom stereocenters. The Morgan fingerprint density at radius 1 is 1.33 bits per heavy atom. The molecule has 18 heavy (non-hydrogen) atoms. The normalized spacial score (nSPS) is 14.0. The average Bonchev–Trinajstić information content (AvgIpc) is 2.71. The Morgan fingerprint density at radius 3 is 2.44 bits per heavy atom. The molecule has 1 aromatic rings. The van der Waals surface area contributed by atoms with Gasteiger partial charge >= 0.3 is 0 Å². The molecule has 0 aromatic carbocycles. The summed E-state index contributed by atoms with van der Waals surface area (Å²) in [7, 11) is 2.13. The second-order valence-corrected chi connectivity index (χ2v) is 7.16. The molecular formula is C14H27N3S. The molecule has 1 aromatic heterocycles. The van der Waals surface area contributed by atoms with Crippen LogP contribution in [0.4, 0.5) is 5.13 Å². The molecule has 0 fully saturated rings. The molecule has 0 amide bonds. The van der Waals surface area contributed by atoms with Crippen LogP contribution in [0.3, 0.4) is 0 Å². The van der Waals surface area contributed by atoms with Crippen LogP contribution in [0.15, 0.2) is 5.38 Å². The molecular weight excluding hydrogens is 242 g/mol. The van der Waals surface area contributed by atoms with E-state index in [-0.39, 0.29) is 5.54 Å². The number of hydrogen-bond donors (Lipinski definition) is 1. The lowest BCUT2D eigenvalue weighted by atomic mass is 10.1. The maximum atomic E-state index is 4.70. The summed E-state index contributed by atoms with van der Waals surface area (Å²) in [5, 5.41) is 6.73. The summed E-state index contributed by atoms with van der Waals surface area (Å²) in [6.07, 6.45) is 0. The summed E-state index contributed by atoms with van der Waals surface area (Å²) in [4.78, 5) is 6.97. The molecule has 1 N–H and O–H groups in total. The SMILES string of the molecule is CC(C)C(C)N(C)c1nc(CNC(C)(C)C)cs1. The summed E-state index contributed by atoms with van der Waals surface area (Å²) in [5.74, 6) is 0.634. The predicted molar refractivity (Wildman–Crippen MR) is 81.4 cm³/mol. The highest BCUT2D eigenvalue weighted by Gasteiger charge is 2.17. The van der Waals surface area contributed by atoms with Crippen LogP contribution in [0, 0.1) is 5.92 Å². The minimum absolute atomic E-state index is 0.140. The molecule has 1 heterocycles. The van der Waals surface area contributed by atoms with Crippen molar-refractivity contribution in [3.8, 4) is 0 Å². The van der Waals surface area contributed by atoms with Crippen molar-refractivity contribution in [1.29, 1.82) is 0 Å². The number of nitrogens with one attached hydrogen (secondary N) is 1. The predicted octanol–water partition coefficient (Wildman–Crippen LogP) is 3.51. The van der Waals surface area contributed by atoms with Crippen LogP contribution in [0.5, 0.6) is 0 Å². The second kappa shape index (κ2) is 6.02. The first-order valence-electron chi connectivity index (χ1n) is 6.63. The quantitative estimate of drug-likeness (QED) is 0.886. The van der Waals surface area contributed by atoms with Gasteiger partial charge in [0.05, 0.1) is 5.69 Å². The fraction of sp³-hybridized carbons (Fsp3) is 0.786. The Labute approximate surface area is 116 Å². The van der Waals surface area contributed by atoms with Gasteiger partial charge in [0.25, 0.3) is 0 Å². The lowest BCUT2D eigenvalue weighted by Crippen LogP contribution is -2.35. The fourth-order valence-corrected chi connectivity index (χ4v) is 2.40. The zero-order chi connectivity index (χ0) is 13.9. The summed E-state index contributed by atoms with van der Waals surface area (Å²) < 4.78 is 0. The van der Waals surface area contributed by atoms with Gasteiger partial charge in [0.15, 0.2) is 5.13 Å². The Balaban J connectivity index is 2.63. The van der Waals surface area contributed by atoms with Gasteiger partial charge in [0.2, 0.25) is 0 Å². The topological polar surface area (TPSA) is 28.2 Å². The number of rotatable bonds is 5. The highest BCUT2D eigenvalue weighted by atomic mass is 32.1. The van der Waals surface area contributed by atoms with Gasteiger partial charge in [0.1, 0.15) is 0 Å². The van der Waals surface area contributed by atoms with Gasteiger partial charge < -0.3 is 10.2 Å². The van der Waals surface area contributed by atoms with Crippen molar-refractivity contribution in [2.75, 3.05) is 11.9 Å². The van der Waals surface area contributed by atoms with Gasteiger partial charge in [-0.25, -0.2) is 4.98 Å². The third-order valence-electron chi connectivity index (χ3n) is 3.22. The molecule has 1 rings (SSSR count). The zero-order valence-corrected chi connectivity index (χ0v) is 13.6. The Kier molecular flexibility index (Phi) is 5.17. The highest BCUT2D eigenvalue weighted by Crippen LogP contribution is 2.23. The van der Waals surface area contributed by atoms with E-state index >= 15 is 0 Å². The van der Waals surface area contributed by atoms with Gasteiger partial charge in [-0.05, 0) is 33.6 Å². The molecule has 0 aliphatic carbocycles. The third-order valence-corrected chi connectivity index (χ3v) is 4.20. The average molecular weight is 269 g/mol. The van der Waals surface area contributed by atoms with Gasteiger partial charge in [-0.15, -0.1) is 11.3 Å². The maximum absolute atomic E-state index is 4.70. The largest absolute Gasteiger partial charge is 0.348 e. The monoisotopic (exact) mass is 269 g/mol. The lowest BCUT2D eigenvalue weighted by Gasteiger charge is -2.27. The van der Waals surface area contributed by atoms with E-state index < -0.39 is 0 Å². The van der Waals surface area contributed by atoms with Crippen LogP contribution in [-0.4, -0.2) is 23.6 Å². The van der Waals surface area contributed by atoms with E-state index in [2.05, 4.69) is 64.2 Å². The van der Waals surface area contributed by atoms with Crippen LogP contribution in [0.25, 0.3) is 0 Å². The first-order valence-corrected chi connectivity index (χ1v) is 7.51. The van der Waals surface area contributed by atoms with Crippen LogP contribution in [0.1, 0.15) is 47.2 Å². The first kappa shape index (κ1) is 15.4. The van der Waals surface area contributed by atoms with E-state index in [4.69, 9.17) is 4.98 Å². The van der Waals surface area contributed by atoms with Gasteiger partial charge in [-0.2, -0.15) is 0 Å². The Bertz CT molecular complexity index is 365. The number of anilines is 1. The fourth-order valence-electron chi connectivity index (χ4n) is 1.52. The van der Waals surface area contributed by atoms with E-state index in [1.54, 1.807) is 11.3 Å². The maximum Gasteiger partial charge on any atom is 0.185 e. The van der Waals surface area contributed by atoms with Crippen LogP contribution >= 0.6 is 11.3 Å². The molecule has 0 saturated heterocycles. The van der Waals surface area contributed by atoms with E-state index in [1.807, 2.05) is 0 Å². The van der Waals surface area contributed by atoms with E-state index in [1.165, 1.54) is 0 Å². The van der Waals surface area contributed by atoms with Crippen LogP contribution < -0.4 is 10.2 Å². The molecule has 104 valence electrons. The summed E-state index contributed by atoms with van der Waals surface area (Å²) in [6.45, 7) is 14.1. The molecule has 4 heteroatoms. The van der Waals surface area contributed by atoms with Crippen molar-refractivity contribution in [2.45, 2.75) is 59.7 Å². The van der Waals surface area contributed by atoms with Crippen molar-refractivity contribution in [2.24, 2.45) is 5.92 Å². The van der Waals surface area contributed by atoms with Crippen LogP contribution in [0.2, 0.25) is 0 Å². The Morgan fingerprint density at radius 2 is 1.94 bits per heavy atom. The summed E-state index contributed by atoms with van der Waals surface area (Å²) in [5.41, 5.74) is 1.27. The smallest absolute Gasteiger partial charge is 0.185 e. The number of aromatic nitrogens is 1. The van der Waals surface area contributed by atoms with E-state index in [0.29, 0.717) is 12.0 Å². The van der Waals surface area contributed by atoms with E-state index in [0.717, 1.165) is 17.4 Å². The van der Waals surface area contributed by atoms with Crippen LogP contribution in [-0.2, 0) is 6.54 Å². The first-order chi connectivity index (χ1) is 8.20. The zero-order valence-electron chi connectivity index (χ0n) is 12.7. The molecule has 0 saturated carbocycles. The van der Waals surface area contributed by atoms with E-state index in [9.17, 15) is 0 Å². The van der Waals surface area contributed by atoms with Gasteiger partial charge in [0, 0.05) is 30.6 Å². The van der Waals surface area contributed by atoms with Gasteiger partial charge in [-0.1, -0.05) is 13.8 Å². The standard InChI is InChI=1S/C14H27N3S/c1-10(2)11(3)17(7)13-16-12(9-18-13)8-15-14(4,5)6/h9-11,15H,8H2,1-7H3.